The zero-order chi connectivity index (χ0) is 10.7. The van der Waals surface area contributed by atoms with Crippen molar-refractivity contribution in [3.63, 3.8) is 0 Å². The number of benzene rings is 1. The molecule has 0 unspecified atom stereocenters. The van der Waals surface area contributed by atoms with Crippen LogP contribution in [0.4, 0.5) is 0 Å². The molecule has 2 nitrogen and oxygen atoms in total. The molecule has 2 aromatic rings. The highest BCUT2D eigenvalue weighted by Gasteiger charge is 1.95. The lowest BCUT2D eigenvalue weighted by molar-refractivity contribution is 0.450. The Morgan fingerprint density at radius 2 is 1.60 bits per heavy atom. The van der Waals surface area contributed by atoms with Crippen molar-refractivity contribution in [1.29, 1.82) is 0 Å². The maximum atomic E-state index is 9.26. The Balaban J connectivity index is 2.24. The molecule has 0 fully saturated rings. The molecule has 0 saturated heterocycles. The van der Waals surface area contributed by atoms with Crippen LogP contribution in [0.15, 0.2) is 35.0 Å². The average molecular weight is 218 g/mol. The molecule has 0 aliphatic carbocycles. The first-order valence-corrected chi connectivity index (χ1v) is 5.41. The molecule has 1 heterocycles. The van der Waals surface area contributed by atoms with Gasteiger partial charge in [-0.15, -0.1) is 0 Å². The van der Waals surface area contributed by atoms with Gasteiger partial charge >= 0.3 is 0 Å². The Kier molecular flexibility index (Phi) is 2.74. The number of phenolic OH excluding ortho intramolecular Hbond substituents is 2. The highest BCUT2D eigenvalue weighted by atomic mass is 32.1. The van der Waals surface area contributed by atoms with Crippen molar-refractivity contribution in [3.8, 4) is 11.5 Å². The monoisotopic (exact) mass is 218 g/mol. The number of thiophene rings is 1. The summed E-state index contributed by atoms with van der Waals surface area (Å²) in [6, 6.07) is 6.51. The van der Waals surface area contributed by atoms with E-state index in [0.29, 0.717) is 0 Å². The van der Waals surface area contributed by atoms with E-state index in [1.807, 2.05) is 29.0 Å². The van der Waals surface area contributed by atoms with Crippen LogP contribution in [0.2, 0.25) is 0 Å². The zero-order valence-electron chi connectivity index (χ0n) is 7.92. The Labute approximate surface area is 91.8 Å². The Bertz CT molecular complexity index is 452. The Hall–Kier alpha value is -1.74. The molecular weight excluding hydrogens is 208 g/mol. The van der Waals surface area contributed by atoms with Gasteiger partial charge in [-0.3, -0.25) is 0 Å². The lowest BCUT2D eigenvalue weighted by Gasteiger charge is -1.97. The van der Waals surface area contributed by atoms with Crippen molar-refractivity contribution in [2.24, 2.45) is 0 Å². The van der Waals surface area contributed by atoms with Crippen molar-refractivity contribution in [2.75, 3.05) is 0 Å². The fraction of sp³-hybridized carbons (Fsp3) is 0. The third-order valence-electron chi connectivity index (χ3n) is 1.94. The molecule has 2 rings (SSSR count). The van der Waals surface area contributed by atoms with Crippen molar-refractivity contribution >= 4 is 23.5 Å². The van der Waals surface area contributed by atoms with Gasteiger partial charge in [0, 0.05) is 6.07 Å². The zero-order valence-corrected chi connectivity index (χ0v) is 8.74. The molecule has 0 amide bonds. The van der Waals surface area contributed by atoms with E-state index in [1.165, 1.54) is 6.07 Å². The number of hydrogen-bond donors (Lipinski definition) is 2. The minimum absolute atomic E-state index is 0.0694. The van der Waals surface area contributed by atoms with Crippen LogP contribution < -0.4 is 0 Å². The number of hydrogen-bond acceptors (Lipinski definition) is 3. The largest absolute Gasteiger partial charge is 0.508 e. The van der Waals surface area contributed by atoms with Crippen molar-refractivity contribution in [2.45, 2.75) is 0 Å². The molecule has 15 heavy (non-hydrogen) atoms. The van der Waals surface area contributed by atoms with E-state index < -0.39 is 0 Å². The van der Waals surface area contributed by atoms with E-state index >= 15 is 0 Å². The van der Waals surface area contributed by atoms with Crippen LogP contribution in [-0.4, -0.2) is 10.2 Å². The highest BCUT2D eigenvalue weighted by molar-refractivity contribution is 7.08. The molecular formula is C12H10O2S. The summed E-state index contributed by atoms with van der Waals surface area (Å²) in [5.41, 5.74) is 1.89. The molecule has 76 valence electrons. The lowest BCUT2D eigenvalue weighted by Crippen LogP contribution is -1.72. The maximum Gasteiger partial charge on any atom is 0.119 e. The van der Waals surface area contributed by atoms with E-state index in [9.17, 15) is 10.2 Å². The number of aromatic hydroxyl groups is 2. The van der Waals surface area contributed by atoms with Crippen molar-refractivity contribution in [3.05, 3.63) is 46.2 Å². The van der Waals surface area contributed by atoms with E-state index in [0.717, 1.165) is 11.1 Å². The van der Waals surface area contributed by atoms with E-state index in [4.69, 9.17) is 0 Å². The molecule has 0 aliphatic rings. The first-order chi connectivity index (χ1) is 7.24. The maximum absolute atomic E-state index is 9.26. The lowest BCUT2D eigenvalue weighted by atomic mass is 10.1. The SMILES string of the molecule is Oc1cc(O)cc(/C=C/c2ccsc2)c1. The van der Waals surface area contributed by atoms with Gasteiger partial charge in [-0.1, -0.05) is 12.2 Å². The summed E-state index contributed by atoms with van der Waals surface area (Å²) < 4.78 is 0. The van der Waals surface area contributed by atoms with Gasteiger partial charge in [-0.05, 0) is 40.1 Å². The Morgan fingerprint density at radius 1 is 0.933 bits per heavy atom. The minimum Gasteiger partial charge on any atom is -0.508 e. The van der Waals surface area contributed by atoms with E-state index in [1.54, 1.807) is 23.5 Å². The number of phenols is 2. The second-order valence-electron chi connectivity index (χ2n) is 3.17. The highest BCUT2D eigenvalue weighted by Crippen LogP contribution is 2.22. The van der Waals surface area contributed by atoms with Crippen LogP contribution in [0.1, 0.15) is 11.1 Å². The van der Waals surface area contributed by atoms with Crippen LogP contribution in [0.25, 0.3) is 12.2 Å². The van der Waals surface area contributed by atoms with Gasteiger partial charge in [0.1, 0.15) is 11.5 Å². The van der Waals surface area contributed by atoms with E-state index in [-0.39, 0.29) is 11.5 Å². The van der Waals surface area contributed by atoms with Gasteiger partial charge in [-0.2, -0.15) is 11.3 Å². The second kappa shape index (κ2) is 4.19. The predicted molar refractivity (Wildman–Crippen MR) is 63.0 cm³/mol. The van der Waals surface area contributed by atoms with Crippen LogP contribution in [0.5, 0.6) is 11.5 Å². The smallest absolute Gasteiger partial charge is 0.119 e. The topological polar surface area (TPSA) is 40.5 Å². The summed E-state index contributed by atoms with van der Waals surface area (Å²) in [6.07, 6.45) is 3.78. The standard InChI is InChI=1S/C12H10O2S/c13-11-5-10(6-12(14)7-11)2-1-9-3-4-15-8-9/h1-8,13-14H/b2-1+. The summed E-state index contributed by atoms with van der Waals surface area (Å²) in [5, 5.41) is 22.5. The Morgan fingerprint density at radius 3 is 2.20 bits per heavy atom. The van der Waals surface area contributed by atoms with Gasteiger partial charge in [0.25, 0.3) is 0 Å². The quantitative estimate of drug-likeness (QED) is 0.811. The van der Waals surface area contributed by atoms with Gasteiger partial charge in [0.2, 0.25) is 0 Å². The molecule has 2 N–H and O–H groups in total. The fourth-order valence-corrected chi connectivity index (χ4v) is 1.91. The van der Waals surface area contributed by atoms with Crippen molar-refractivity contribution < 1.29 is 10.2 Å². The van der Waals surface area contributed by atoms with E-state index in [2.05, 4.69) is 0 Å². The summed E-state index contributed by atoms with van der Waals surface area (Å²) in [5.74, 6) is 0.139. The predicted octanol–water partition coefficient (Wildman–Crippen LogP) is 3.33. The molecule has 1 aromatic carbocycles. The fourth-order valence-electron chi connectivity index (χ4n) is 1.28. The summed E-state index contributed by atoms with van der Waals surface area (Å²) in [7, 11) is 0. The molecule has 0 radical (unpaired) electrons. The molecule has 3 heteroatoms. The molecule has 0 atom stereocenters. The number of rotatable bonds is 2. The normalized spacial score (nSPS) is 10.9. The molecule has 0 bridgehead atoms. The van der Waals surface area contributed by atoms with Crippen LogP contribution in [0, 0.1) is 0 Å². The van der Waals surface area contributed by atoms with Gasteiger partial charge in [-0.25, -0.2) is 0 Å². The summed E-state index contributed by atoms with van der Waals surface area (Å²) >= 11 is 1.63. The minimum atomic E-state index is 0.0694. The molecule has 0 spiro atoms. The van der Waals surface area contributed by atoms with Crippen LogP contribution in [-0.2, 0) is 0 Å². The van der Waals surface area contributed by atoms with Crippen LogP contribution in [0.3, 0.4) is 0 Å². The van der Waals surface area contributed by atoms with Gasteiger partial charge in [0.05, 0.1) is 0 Å². The molecule has 0 aliphatic heterocycles. The van der Waals surface area contributed by atoms with Gasteiger partial charge < -0.3 is 10.2 Å². The first-order valence-electron chi connectivity index (χ1n) is 4.47. The third-order valence-corrected chi connectivity index (χ3v) is 2.64. The third kappa shape index (κ3) is 2.60. The van der Waals surface area contributed by atoms with Gasteiger partial charge in [0.15, 0.2) is 0 Å². The summed E-state index contributed by atoms with van der Waals surface area (Å²) in [6.45, 7) is 0. The molecule has 1 aromatic heterocycles. The van der Waals surface area contributed by atoms with Crippen molar-refractivity contribution in [1.82, 2.24) is 0 Å². The second-order valence-corrected chi connectivity index (χ2v) is 3.95. The summed E-state index contributed by atoms with van der Waals surface area (Å²) in [4.78, 5) is 0. The first kappa shape index (κ1) is 9.80. The van der Waals surface area contributed by atoms with Crippen LogP contribution >= 0.6 is 11.3 Å². The molecule has 0 saturated carbocycles. The average Bonchev–Trinajstić information content (AvgIpc) is 2.65.